The highest BCUT2D eigenvalue weighted by Gasteiger charge is 2.25. The van der Waals surface area contributed by atoms with Gasteiger partial charge >= 0.3 is 0 Å². The molecular weight excluding hydrogens is 411 g/mol. The minimum absolute atomic E-state index is 0. The van der Waals surface area contributed by atoms with E-state index in [4.69, 9.17) is 10.5 Å². The average Bonchev–Trinajstić information content (AvgIpc) is 2.72. The molecule has 8 heteroatoms. The number of carbonyl (C=O) groups is 1. The van der Waals surface area contributed by atoms with Crippen LogP contribution in [0.25, 0.3) is 11.1 Å². The van der Waals surface area contributed by atoms with Crippen LogP contribution in [0.4, 0.5) is 5.82 Å². The van der Waals surface area contributed by atoms with Gasteiger partial charge in [-0.15, -0.1) is 24.8 Å². The minimum atomic E-state index is 0. The zero-order chi connectivity index (χ0) is 19.2. The van der Waals surface area contributed by atoms with Gasteiger partial charge in [0.05, 0.1) is 7.11 Å². The summed E-state index contributed by atoms with van der Waals surface area (Å²) in [6.45, 7) is 0.449. The van der Waals surface area contributed by atoms with Crippen LogP contribution in [0.5, 0.6) is 5.75 Å². The van der Waals surface area contributed by atoms with Crippen LogP contribution in [0.3, 0.4) is 0 Å². The molecule has 0 atom stereocenters. The Morgan fingerprint density at radius 1 is 1.14 bits per heavy atom. The first-order valence-corrected chi connectivity index (χ1v) is 9.44. The molecule has 0 radical (unpaired) electrons. The van der Waals surface area contributed by atoms with Crippen molar-refractivity contribution in [3.8, 4) is 16.9 Å². The van der Waals surface area contributed by atoms with E-state index in [0.717, 1.165) is 48.1 Å². The number of hydrogen-bond donors (Lipinski definition) is 3. The largest absolute Gasteiger partial charge is 0.496 e. The number of nitrogens with zero attached hydrogens (tertiary/aromatic N) is 1. The van der Waals surface area contributed by atoms with Crippen molar-refractivity contribution in [1.82, 2.24) is 15.6 Å². The van der Waals surface area contributed by atoms with E-state index in [0.29, 0.717) is 18.4 Å². The summed E-state index contributed by atoms with van der Waals surface area (Å²) in [5, 5.41) is 6.39. The number of carbonyl (C=O) groups excluding carboxylic acids is 1. The molecule has 1 amide bonds. The Balaban J connectivity index is 0.00000210. The highest BCUT2D eigenvalue weighted by Crippen LogP contribution is 2.28. The van der Waals surface area contributed by atoms with Crippen molar-refractivity contribution in [3.63, 3.8) is 0 Å². The number of nitrogen functional groups attached to an aromatic ring is 1. The monoisotopic (exact) mass is 440 g/mol. The topological polar surface area (TPSA) is 89.3 Å². The van der Waals surface area contributed by atoms with Gasteiger partial charge in [-0.3, -0.25) is 4.79 Å². The number of halogens is 2. The molecule has 2 aromatic rings. The fourth-order valence-electron chi connectivity index (χ4n) is 3.64. The molecule has 1 aliphatic carbocycles. The number of hydrogen-bond acceptors (Lipinski definition) is 5. The summed E-state index contributed by atoms with van der Waals surface area (Å²) >= 11 is 0. The zero-order valence-electron chi connectivity index (χ0n) is 16.8. The molecule has 1 aromatic carbocycles. The van der Waals surface area contributed by atoms with Crippen LogP contribution in [-0.4, -0.2) is 31.1 Å². The third-order valence-corrected chi connectivity index (χ3v) is 5.36. The second kappa shape index (κ2) is 11.9. The first kappa shape index (κ1) is 25.0. The molecule has 3 rings (SSSR count). The third-order valence-electron chi connectivity index (χ3n) is 5.36. The van der Waals surface area contributed by atoms with Gasteiger partial charge in [-0.25, -0.2) is 4.98 Å². The van der Waals surface area contributed by atoms with E-state index in [1.54, 1.807) is 19.4 Å². The second-order valence-corrected chi connectivity index (χ2v) is 7.05. The van der Waals surface area contributed by atoms with E-state index in [9.17, 15) is 4.79 Å². The molecule has 4 N–H and O–H groups in total. The molecule has 1 aromatic heterocycles. The number of aromatic nitrogens is 1. The molecule has 1 saturated carbocycles. The fraction of sp³-hybridized carbons (Fsp3) is 0.429. The Hall–Kier alpha value is -2.02. The Labute approximate surface area is 184 Å². The smallest absolute Gasteiger partial charge is 0.223 e. The van der Waals surface area contributed by atoms with Gasteiger partial charge < -0.3 is 21.1 Å². The van der Waals surface area contributed by atoms with Crippen molar-refractivity contribution in [2.75, 3.05) is 19.9 Å². The lowest BCUT2D eigenvalue weighted by molar-refractivity contribution is -0.126. The molecular formula is C21H30Cl2N4O2. The first-order valence-electron chi connectivity index (χ1n) is 9.44. The van der Waals surface area contributed by atoms with Gasteiger partial charge in [-0.05, 0) is 62.6 Å². The van der Waals surface area contributed by atoms with E-state index in [1.165, 1.54) is 0 Å². The minimum Gasteiger partial charge on any atom is -0.496 e. The van der Waals surface area contributed by atoms with Gasteiger partial charge in [-0.2, -0.15) is 0 Å². The van der Waals surface area contributed by atoms with E-state index in [-0.39, 0.29) is 36.6 Å². The van der Waals surface area contributed by atoms with Gasteiger partial charge in [0.1, 0.15) is 11.6 Å². The summed E-state index contributed by atoms with van der Waals surface area (Å²) in [5.74, 6) is 1.49. The van der Waals surface area contributed by atoms with E-state index >= 15 is 0 Å². The number of nitrogens with two attached hydrogens (primary N) is 1. The van der Waals surface area contributed by atoms with E-state index in [2.05, 4.69) is 15.6 Å². The van der Waals surface area contributed by atoms with Crippen LogP contribution >= 0.6 is 24.8 Å². The van der Waals surface area contributed by atoms with Crippen LogP contribution in [0.2, 0.25) is 0 Å². The number of nitrogens with one attached hydrogen (secondary N) is 2. The summed E-state index contributed by atoms with van der Waals surface area (Å²) in [5.41, 5.74) is 8.61. The van der Waals surface area contributed by atoms with Crippen LogP contribution in [0.15, 0.2) is 36.5 Å². The predicted octanol–water partition coefficient (Wildman–Crippen LogP) is 3.58. The van der Waals surface area contributed by atoms with Crippen molar-refractivity contribution >= 4 is 36.5 Å². The second-order valence-electron chi connectivity index (χ2n) is 7.05. The number of pyridine rings is 1. The van der Waals surface area contributed by atoms with Gasteiger partial charge in [0.2, 0.25) is 5.91 Å². The summed E-state index contributed by atoms with van der Waals surface area (Å²) < 4.78 is 5.47. The Morgan fingerprint density at radius 2 is 1.83 bits per heavy atom. The normalized spacial score (nSPS) is 18.1. The number of methoxy groups -OCH3 is 1. The summed E-state index contributed by atoms with van der Waals surface area (Å²) in [6, 6.07) is 10.2. The number of benzene rings is 1. The molecule has 0 unspecified atom stereocenters. The molecule has 1 aliphatic rings. The summed E-state index contributed by atoms with van der Waals surface area (Å²) in [6.07, 6.45) is 5.73. The Morgan fingerprint density at radius 3 is 2.41 bits per heavy atom. The van der Waals surface area contributed by atoms with Crippen LogP contribution < -0.4 is 21.1 Å². The number of amides is 1. The Bertz CT molecular complexity index is 779. The third kappa shape index (κ3) is 6.49. The SMILES string of the molecule is CNC1CCC(C(=O)NCc2cc(-c3ccc(N)nc3)ccc2OC)CC1.Cl.Cl. The quantitative estimate of drug-likeness (QED) is 0.638. The molecule has 29 heavy (non-hydrogen) atoms. The lowest BCUT2D eigenvalue weighted by atomic mass is 9.85. The van der Waals surface area contributed by atoms with Crippen molar-refractivity contribution < 1.29 is 9.53 Å². The maximum Gasteiger partial charge on any atom is 0.223 e. The highest BCUT2D eigenvalue weighted by molar-refractivity contribution is 5.85. The van der Waals surface area contributed by atoms with Gasteiger partial charge in [0, 0.05) is 35.8 Å². The average molecular weight is 441 g/mol. The number of rotatable bonds is 6. The van der Waals surface area contributed by atoms with Crippen molar-refractivity contribution in [3.05, 3.63) is 42.1 Å². The fourth-order valence-corrected chi connectivity index (χ4v) is 3.64. The van der Waals surface area contributed by atoms with Crippen LogP contribution in [0, 0.1) is 5.92 Å². The zero-order valence-corrected chi connectivity index (χ0v) is 18.4. The van der Waals surface area contributed by atoms with Crippen molar-refractivity contribution in [2.45, 2.75) is 38.3 Å². The summed E-state index contributed by atoms with van der Waals surface area (Å²) in [4.78, 5) is 16.7. The highest BCUT2D eigenvalue weighted by atomic mass is 35.5. The molecule has 1 fully saturated rings. The summed E-state index contributed by atoms with van der Waals surface area (Å²) in [7, 11) is 3.63. The van der Waals surface area contributed by atoms with Crippen molar-refractivity contribution in [2.24, 2.45) is 5.92 Å². The standard InChI is InChI=1S/C21H28N4O2.2ClH/c1-23-18-7-3-14(4-8-18)21(26)25-13-17-11-15(5-9-19(17)27-2)16-6-10-20(22)24-12-16;;/h5-6,9-12,14,18,23H,3-4,7-8,13H2,1-2H3,(H2,22,24)(H,25,26);2*1H. The maximum absolute atomic E-state index is 12.6. The molecule has 160 valence electrons. The van der Waals surface area contributed by atoms with Crippen LogP contribution in [-0.2, 0) is 11.3 Å². The van der Waals surface area contributed by atoms with Crippen molar-refractivity contribution in [1.29, 1.82) is 0 Å². The number of ether oxygens (including phenoxy) is 1. The lowest BCUT2D eigenvalue weighted by Crippen LogP contribution is -2.37. The van der Waals surface area contributed by atoms with Gasteiger partial charge in [0.25, 0.3) is 0 Å². The molecule has 0 aliphatic heterocycles. The van der Waals surface area contributed by atoms with Gasteiger partial charge in [0.15, 0.2) is 0 Å². The molecule has 0 bridgehead atoms. The molecule has 1 heterocycles. The number of anilines is 1. The van der Waals surface area contributed by atoms with Crippen LogP contribution in [0.1, 0.15) is 31.2 Å². The van der Waals surface area contributed by atoms with Gasteiger partial charge in [-0.1, -0.05) is 6.07 Å². The Kier molecular flexibility index (Phi) is 10.2. The van der Waals surface area contributed by atoms with E-state index in [1.807, 2.05) is 31.3 Å². The first-order chi connectivity index (χ1) is 13.1. The molecule has 0 saturated heterocycles. The predicted molar refractivity (Wildman–Crippen MR) is 122 cm³/mol. The molecule has 6 nitrogen and oxygen atoms in total. The van der Waals surface area contributed by atoms with E-state index < -0.39 is 0 Å². The lowest BCUT2D eigenvalue weighted by Gasteiger charge is -2.27. The maximum atomic E-state index is 12.6. The molecule has 0 spiro atoms.